The standard InChI is InChI=1S/C12H9ClO4/c1-16-12(15)8-4-7-5-9(13)2-3-10(7)17-11(14)6-8/h2-5H,6H2,1H3. The maximum atomic E-state index is 11.5. The number of ether oxygens (including phenoxy) is 2. The van der Waals surface area contributed by atoms with E-state index in [1.165, 1.54) is 7.11 Å². The maximum Gasteiger partial charge on any atom is 0.334 e. The molecule has 0 fully saturated rings. The topological polar surface area (TPSA) is 52.6 Å². The summed E-state index contributed by atoms with van der Waals surface area (Å²) < 4.78 is 9.67. The van der Waals surface area contributed by atoms with Gasteiger partial charge in [-0.2, -0.15) is 0 Å². The van der Waals surface area contributed by atoms with E-state index < -0.39 is 11.9 Å². The van der Waals surface area contributed by atoms with Crippen molar-refractivity contribution in [2.24, 2.45) is 0 Å². The number of hydrogen-bond acceptors (Lipinski definition) is 4. The number of benzene rings is 1. The monoisotopic (exact) mass is 252 g/mol. The van der Waals surface area contributed by atoms with Crippen LogP contribution in [-0.4, -0.2) is 19.0 Å². The second-order valence-electron chi connectivity index (χ2n) is 3.49. The highest BCUT2D eigenvalue weighted by Gasteiger charge is 2.21. The van der Waals surface area contributed by atoms with E-state index in [1.807, 2.05) is 0 Å². The number of carbonyl (C=O) groups is 2. The summed E-state index contributed by atoms with van der Waals surface area (Å²) in [6.07, 6.45) is 1.44. The van der Waals surface area contributed by atoms with Crippen LogP contribution in [-0.2, 0) is 14.3 Å². The Hall–Kier alpha value is -1.81. The van der Waals surface area contributed by atoms with Crippen LogP contribution < -0.4 is 4.74 Å². The summed E-state index contributed by atoms with van der Waals surface area (Å²) in [5.41, 5.74) is 0.835. The number of hydrogen-bond donors (Lipinski definition) is 0. The van der Waals surface area contributed by atoms with Gasteiger partial charge < -0.3 is 9.47 Å². The average Bonchev–Trinajstić information content (AvgIpc) is 2.46. The van der Waals surface area contributed by atoms with Gasteiger partial charge in [-0.05, 0) is 24.3 Å². The van der Waals surface area contributed by atoms with Crippen molar-refractivity contribution in [2.45, 2.75) is 6.42 Å². The van der Waals surface area contributed by atoms with Crippen LogP contribution in [0.2, 0.25) is 5.02 Å². The predicted octanol–water partition coefficient (Wildman–Crippen LogP) is 2.21. The molecular weight excluding hydrogens is 244 g/mol. The first-order chi connectivity index (χ1) is 8.10. The average molecular weight is 253 g/mol. The zero-order chi connectivity index (χ0) is 12.4. The zero-order valence-electron chi connectivity index (χ0n) is 9.03. The Bertz CT molecular complexity index is 519. The Morgan fingerprint density at radius 2 is 2.24 bits per heavy atom. The summed E-state index contributed by atoms with van der Waals surface area (Å²) >= 11 is 5.84. The van der Waals surface area contributed by atoms with Crippen LogP contribution in [0, 0.1) is 0 Å². The van der Waals surface area contributed by atoms with Crippen molar-refractivity contribution in [1.82, 2.24) is 0 Å². The summed E-state index contributed by atoms with van der Waals surface area (Å²) in [5.74, 6) is -0.657. The van der Waals surface area contributed by atoms with Crippen molar-refractivity contribution in [3.8, 4) is 5.75 Å². The summed E-state index contributed by atoms with van der Waals surface area (Å²) in [6.45, 7) is 0. The quantitative estimate of drug-likeness (QED) is 0.568. The molecule has 0 N–H and O–H groups in total. The molecule has 0 bridgehead atoms. The number of rotatable bonds is 1. The summed E-state index contributed by atoms with van der Waals surface area (Å²) in [4.78, 5) is 22.9. The number of carbonyl (C=O) groups excluding carboxylic acids is 2. The third-order valence-corrected chi connectivity index (χ3v) is 2.54. The molecule has 0 aliphatic carbocycles. The molecule has 0 radical (unpaired) electrons. The van der Waals surface area contributed by atoms with Crippen LogP contribution in [0.5, 0.6) is 5.75 Å². The molecule has 0 aromatic heterocycles. The van der Waals surface area contributed by atoms with Crippen LogP contribution in [0.25, 0.3) is 6.08 Å². The van der Waals surface area contributed by atoms with E-state index in [9.17, 15) is 9.59 Å². The largest absolute Gasteiger partial charge is 0.466 e. The van der Waals surface area contributed by atoms with Gasteiger partial charge in [-0.3, -0.25) is 4.79 Å². The Kier molecular flexibility index (Phi) is 3.15. The molecule has 1 heterocycles. The summed E-state index contributed by atoms with van der Waals surface area (Å²) in [5, 5.41) is 0.502. The van der Waals surface area contributed by atoms with Gasteiger partial charge >= 0.3 is 11.9 Å². The Morgan fingerprint density at radius 3 is 2.94 bits per heavy atom. The van der Waals surface area contributed by atoms with E-state index in [-0.39, 0.29) is 12.0 Å². The minimum absolute atomic E-state index is 0.112. The molecular formula is C12H9ClO4. The molecule has 0 amide bonds. The molecule has 1 aliphatic heterocycles. The van der Waals surface area contributed by atoms with E-state index in [2.05, 4.69) is 4.74 Å². The second kappa shape index (κ2) is 4.59. The number of halogens is 1. The number of fused-ring (bicyclic) bond motifs is 1. The molecule has 17 heavy (non-hydrogen) atoms. The van der Waals surface area contributed by atoms with Gasteiger partial charge in [0.25, 0.3) is 0 Å². The lowest BCUT2D eigenvalue weighted by atomic mass is 10.1. The fourth-order valence-corrected chi connectivity index (χ4v) is 1.72. The molecule has 1 aromatic rings. The smallest absolute Gasteiger partial charge is 0.334 e. The Balaban J connectivity index is 2.50. The lowest BCUT2D eigenvalue weighted by molar-refractivity contribution is -0.139. The first-order valence-corrected chi connectivity index (χ1v) is 5.27. The fourth-order valence-electron chi connectivity index (χ4n) is 1.54. The van der Waals surface area contributed by atoms with E-state index >= 15 is 0 Å². The van der Waals surface area contributed by atoms with Gasteiger partial charge in [0.2, 0.25) is 0 Å². The summed E-state index contributed by atoms with van der Waals surface area (Å²) in [6, 6.07) is 4.83. The highest BCUT2D eigenvalue weighted by atomic mass is 35.5. The molecule has 88 valence electrons. The third-order valence-electron chi connectivity index (χ3n) is 2.31. The lowest BCUT2D eigenvalue weighted by Crippen LogP contribution is -2.12. The van der Waals surface area contributed by atoms with Gasteiger partial charge in [0, 0.05) is 16.2 Å². The van der Waals surface area contributed by atoms with Crippen LogP contribution in [0.15, 0.2) is 23.8 Å². The molecule has 0 saturated heterocycles. The molecule has 0 spiro atoms. The molecule has 1 aromatic carbocycles. The Morgan fingerprint density at radius 1 is 1.47 bits per heavy atom. The molecule has 2 rings (SSSR count). The van der Waals surface area contributed by atoms with E-state index in [0.717, 1.165) is 0 Å². The Labute approximate surface area is 103 Å². The van der Waals surface area contributed by atoms with Gasteiger partial charge in [0.1, 0.15) is 5.75 Å². The number of methoxy groups -OCH3 is 1. The predicted molar refractivity (Wildman–Crippen MR) is 61.7 cm³/mol. The van der Waals surface area contributed by atoms with Crippen LogP contribution >= 0.6 is 11.6 Å². The van der Waals surface area contributed by atoms with Gasteiger partial charge in [-0.1, -0.05) is 11.6 Å². The highest BCUT2D eigenvalue weighted by molar-refractivity contribution is 6.30. The first-order valence-electron chi connectivity index (χ1n) is 4.89. The highest BCUT2D eigenvalue weighted by Crippen LogP contribution is 2.29. The van der Waals surface area contributed by atoms with Gasteiger partial charge in [0.15, 0.2) is 0 Å². The van der Waals surface area contributed by atoms with Gasteiger partial charge in [-0.15, -0.1) is 0 Å². The molecule has 0 saturated carbocycles. The van der Waals surface area contributed by atoms with Crippen molar-refractivity contribution in [1.29, 1.82) is 0 Å². The normalized spacial score (nSPS) is 14.2. The molecule has 0 unspecified atom stereocenters. The minimum Gasteiger partial charge on any atom is -0.466 e. The van der Waals surface area contributed by atoms with Crippen molar-refractivity contribution in [3.63, 3.8) is 0 Å². The molecule has 4 nitrogen and oxygen atoms in total. The summed E-state index contributed by atoms with van der Waals surface area (Å²) in [7, 11) is 1.26. The van der Waals surface area contributed by atoms with E-state index in [0.29, 0.717) is 16.3 Å². The van der Waals surface area contributed by atoms with Crippen molar-refractivity contribution < 1.29 is 19.1 Å². The number of esters is 2. The molecule has 1 aliphatic rings. The van der Waals surface area contributed by atoms with Gasteiger partial charge in [-0.25, -0.2) is 4.79 Å². The van der Waals surface area contributed by atoms with Crippen molar-refractivity contribution >= 4 is 29.6 Å². The van der Waals surface area contributed by atoms with Gasteiger partial charge in [0.05, 0.1) is 13.5 Å². The van der Waals surface area contributed by atoms with Crippen molar-refractivity contribution in [3.05, 3.63) is 34.4 Å². The maximum absolute atomic E-state index is 11.5. The third kappa shape index (κ3) is 2.47. The van der Waals surface area contributed by atoms with Crippen LogP contribution in [0.1, 0.15) is 12.0 Å². The fraction of sp³-hybridized carbons (Fsp3) is 0.167. The lowest BCUT2D eigenvalue weighted by Gasteiger charge is -2.03. The van der Waals surface area contributed by atoms with Crippen LogP contribution in [0.4, 0.5) is 0 Å². The van der Waals surface area contributed by atoms with E-state index in [4.69, 9.17) is 16.3 Å². The van der Waals surface area contributed by atoms with Crippen LogP contribution in [0.3, 0.4) is 0 Å². The van der Waals surface area contributed by atoms with E-state index in [1.54, 1.807) is 24.3 Å². The molecule has 0 atom stereocenters. The van der Waals surface area contributed by atoms with Crippen molar-refractivity contribution in [2.75, 3.05) is 7.11 Å². The molecule has 5 heteroatoms. The SMILES string of the molecule is COC(=O)C1=Cc2cc(Cl)ccc2OC(=O)C1. The zero-order valence-corrected chi connectivity index (χ0v) is 9.78. The second-order valence-corrected chi connectivity index (χ2v) is 3.93. The first kappa shape index (κ1) is 11.7. The minimum atomic E-state index is -0.547.